The third-order valence-electron chi connectivity index (χ3n) is 7.24. The molecule has 2 saturated heterocycles. The summed E-state index contributed by atoms with van der Waals surface area (Å²) in [6.07, 6.45) is 5.23. The van der Waals surface area contributed by atoms with Gasteiger partial charge in [-0.3, -0.25) is 14.6 Å². The second-order valence-corrected chi connectivity index (χ2v) is 9.24. The first-order valence-electron chi connectivity index (χ1n) is 14.6. The van der Waals surface area contributed by atoms with Gasteiger partial charge in [0, 0.05) is 39.8 Å². The van der Waals surface area contributed by atoms with Crippen LogP contribution in [0.15, 0.2) is 78.9 Å². The molecule has 6 nitrogen and oxygen atoms in total. The minimum absolute atomic E-state index is 0.0394. The van der Waals surface area contributed by atoms with Gasteiger partial charge < -0.3 is 10.0 Å². The van der Waals surface area contributed by atoms with E-state index in [1.807, 2.05) is 77.1 Å². The Morgan fingerprint density at radius 2 is 1.43 bits per heavy atom. The number of amides is 3. The summed E-state index contributed by atoms with van der Waals surface area (Å²) in [7, 11) is 1.00. The predicted octanol–water partition coefficient (Wildman–Crippen LogP) is 6.83. The number of fused-ring (bicyclic) bond motifs is 1. The number of carbonyl (C=O) groups is 2. The molecule has 0 unspecified atom stereocenters. The van der Waals surface area contributed by atoms with Crippen molar-refractivity contribution in [3.05, 3.63) is 90.0 Å². The zero-order chi connectivity index (χ0) is 29.5. The van der Waals surface area contributed by atoms with E-state index in [1.165, 1.54) is 21.2 Å². The van der Waals surface area contributed by atoms with Gasteiger partial charge in [-0.05, 0) is 47.7 Å². The lowest BCUT2D eigenvalue weighted by Gasteiger charge is -2.42. The number of likely N-dealkylation sites (N-methyl/N-ethyl adjacent to an activating group) is 1. The van der Waals surface area contributed by atoms with E-state index >= 15 is 0 Å². The summed E-state index contributed by atoms with van der Waals surface area (Å²) in [5, 5.41) is 9.50. The molecule has 0 radical (unpaired) electrons. The van der Waals surface area contributed by atoms with Gasteiger partial charge in [0.05, 0.1) is 0 Å². The molecule has 3 aromatic carbocycles. The Morgan fingerprint density at radius 1 is 0.825 bits per heavy atom. The quantitative estimate of drug-likeness (QED) is 0.345. The maximum atomic E-state index is 13.5. The Kier molecular flexibility index (Phi) is 13.6. The first kappa shape index (κ1) is 32.7. The molecule has 0 saturated carbocycles. The molecule has 40 heavy (non-hydrogen) atoms. The molecule has 3 aromatic rings. The van der Waals surface area contributed by atoms with Crippen molar-refractivity contribution in [2.45, 2.75) is 59.5 Å². The van der Waals surface area contributed by atoms with Gasteiger partial charge >= 0.3 is 6.03 Å². The molecule has 6 heteroatoms. The van der Waals surface area contributed by atoms with Crippen molar-refractivity contribution < 1.29 is 14.7 Å². The summed E-state index contributed by atoms with van der Waals surface area (Å²) in [6.45, 7) is 13.3. The Balaban J connectivity index is 0.000000876. The van der Waals surface area contributed by atoms with E-state index in [9.17, 15) is 9.59 Å². The van der Waals surface area contributed by atoms with Crippen molar-refractivity contribution in [1.29, 1.82) is 0 Å². The average molecular weight is 546 g/mol. The first-order valence-corrected chi connectivity index (χ1v) is 14.6. The van der Waals surface area contributed by atoms with Gasteiger partial charge in [-0.1, -0.05) is 107 Å². The maximum absolute atomic E-state index is 13.5. The second-order valence-electron chi connectivity index (χ2n) is 9.24. The zero-order valence-electron chi connectivity index (χ0n) is 25.1. The fourth-order valence-electron chi connectivity index (χ4n) is 5.40. The van der Waals surface area contributed by atoms with Crippen LogP contribution in [0.25, 0.3) is 16.8 Å². The summed E-state index contributed by atoms with van der Waals surface area (Å²) in [5.74, 6) is -0.0394. The van der Waals surface area contributed by atoms with Crippen LogP contribution in [-0.4, -0.2) is 70.6 Å². The summed E-state index contributed by atoms with van der Waals surface area (Å²) >= 11 is 0. The summed E-state index contributed by atoms with van der Waals surface area (Å²) in [5.41, 5.74) is 1.64. The van der Waals surface area contributed by atoms with Crippen molar-refractivity contribution >= 4 is 28.8 Å². The summed E-state index contributed by atoms with van der Waals surface area (Å²) in [4.78, 5) is 32.3. The SMILES string of the molecule is CC.CC.CCN1C(=O)N(C/C=C/c2ccccc2)C(=O)C12CCN(Cc1ccc3ccccc3c1)CC2.CO. The summed E-state index contributed by atoms with van der Waals surface area (Å²) in [6, 6.07) is 24.8. The lowest BCUT2D eigenvalue weighted by Crippen LogP contribution is -2.56. The molecular formula is C34H47N3O3. The number of likely N-dealkylation sites (tertiary alicyclic amines) is 1. The minimum Gasteiger partial charge on any atom is -0.400 e. The fourth-order valence-corrected chi connectivity index (χ4v) is 5.40. The molecular weight excluding hydrogens is 498 g/mol. The van der Waals surface area contributed by atoms with Crippen molar-refractivity contribution in [2.24, 2.45) is 0 Å². The highest BCUT2D eigenvalue weighted by atomic mass is 16.2. The van der Waals surface area contributed by atoms with Crippen molar-refractivity contribution in [3.63, 3.8) is 0 Å². The standard InChI is InChI=1S/C29H31N3O2.2C2H6.CH4O/c1-2-32-28(34)31(18-8-11-23-9-4-3-5-10-23)27(33)29(32)16-19-30(20-17-29)22-24-14-15-25-12-6-7-13-26(25)21-24;3*1-2/h3-15,21H,2,16-20,22H2,1H3;2*1-2H3;2H,1H3/b11-8+;;;. The Labute approximate surface area is 240 Å². The lowest BCUT2D eigenvalue weighted by molar-refractivity contribution is -0.135. The number of rotatable bonds is 6. The smallest absolute Gasteiger partial charge is 0.327 e. The molecule has 0 bridgehead atoms. The number of hydrogen-bond donors (Lipinski definition) is 1. The molecule has 5 rings (SSSR count). The van der Waals surface area contributed by atoms with Crippen molar-refractivity contribution in [1.82, 2.24) is 14.7 Å². The number of nitrogens with zero attached hydrogens (tertiary/aromatic N) is 3. The monoisotopic (exact) mass is 545 g/mol. The van der Waals surface area contributed by atoms with E-state index in [2.05, 4.69) is 47.4 Å². The van der Waals surface area contributed by atoms with Gasteiger partial charge in [0.1, 0.15) is 5.54 Å². The number of imide groups is 1. The minimum atomic E-state index is -0.702. The number of piperidine rings is 1. The number of carbonyl (C=O) groups excluding carboxylic acids is 2. The second kappa shape index (κ2) is 16.6. The molecule has 2 heterocycles. The van der Waals surface area contributed by atoms with Crippen molar-refractivity contribution in [2.75, 3.05) is 33.3 Å². The third kappa shape index (κ3) is 7.38. The van der Waals surface area contributed by atoms with Gasteiger partial charge in [-0.2, -0.15) is 0 Å². The fraction of sp³-hybridized carbons (Fsp3) is 0.412. The van der Waals surface area contributed by atoms with Crippen LogP contribution in [0.3, 0.4) is 0 Å². The number of aliphatic hydroxyl groups is 1. The highest BCUT2D eigenvalue weighted by Gasteiger charge is 2.56. The number of hydrogen-bond acceptors (Lipinski definition) is 4. The van der Waals surface area contributed by atoms with E-state index in [0.717, 1.165) is 32.3 Å². The van der Waals surface area contributed by atoms with Gasteiger partial charge in [-0.25, -0.2) is 4.79 Å². The molecule has 0 atom stereocenters. The average Bonchev–Trinajstić information content (AvgIpc) is 3.22. The number of urea groups is 1. The van der Waals surface area contributed by atoms with Crippen LogP contribution in [-0.2, 0) is 11.3 Å². The Morgan fingerprint density at radius 3 is 2.05 bits per heavy atom. The van der Waals surface area contributed by atoms with E-state index in [-0.39, 0.29) is 11.9 Å². The number of benzene rings is 3. The van der Waals surface area contributed by atoms with E-state index in [4.69, 9.17) is 5.11 Å². The topological polar surface area (TPSA) is 64.1 Å². The molecule has 2 aliphatic rings. The van der Waals surface area contributed by atoms with Gasteiger partial charge in [0.15, 0.2) is 0 Å². The van der Waals surface area contributed by atoms with Gasteiger partial charge in [0.25, 0.3) is 5.91 Å². The van der Waals surface area contributed by atoms with E-state index in [1.54, 1.807) is 4.90 Å². The van der Waals surface area contributed by atoms with Gasteiger partial charge in [0.2, 0.25) is 0 Å². The van der Waals surface area contributed by atoms with Crippen LogP contribution in [0.2, 0.25) is 0 Å². The first-order chi connectivity index (χ1) is 19.6. The van der Waals surface area contributed by atoms with Crippen LogP contribution in [0.5, 0.6) is 0 Å². The zero-order valence-corrected chi connectivity index (χ0v) is 25.1. The number of aliphatic hydroxyl groups excluding tert-OH is 1. The van der Waals surface area contributed by atoms with Crippen LogP contribution in [0.4, 0.5) is 4.79 Å². The highest BCUT2D eigenvalue weighted by molar-refractivity contribution is 6.07. The molecule has 3 amide bonds. The van der Waals surface area contributed by atoms with Crippen molar-refractivity contribution in [3.8, 4) is 0 Å². The Bertz CT molecular complexity index is 1220. The molecule has 1 N–H and O–H groups in total. The molecule has 2 aliphatic heterocycles. The maximum Gasteiger partial charge on any atom is 0.327 e. The molecule has 216 valence electrons. The lowest BCUT2D eigenvalue weighted by atomic mass is 9.85. The van der Waals surface area contributed by atoms with Crippen LogP contribution in [0.1, 0.15) is 58.6 Å². The van der Waals surface area contributed by atoms with Crippen LogP contribution >= 0.6 is 0 Å². The normalized spacial score (nSPS) is 16.3. The van der Waals surface area contributed by atoms with E-state index in [0.29, 0.717) is 25.9 Å². The largest absolute Gasteiger partial charge is 0.400 e. The van der Waals surface area contributed by atoms with Gasteiger partial charge in [-0.15, -0.1) is 0 Å². The molecule has 0 aromatic heterocycles. The summed E-state index contributed by atoms with van der Waals surface area (Å²) < 4.78 is 0. The Hall–Kier alpha value is -3.48. The molecule has 2 fully saturated rings. The van der Waals surface area contributed by atoms with Crippen LogP contribution < -0.4 is 0 Å². The van der Waals surface area contributed by atoms with E-state index < -0.39 is 5.54 Å². The predicted molar refractivity (Wildman–Crippen MR) is 167 cm³/mol. The highest BCUT2D eigenvalue weighted by Crippen LogP contribution is 2.37. The van der Waals surface area contributed by atoms with Crippen LogP contribution in [0, 0.1) is 0 Å². The molecule has 1 spiro atoms. The third-order valence-corrected chi connectivity index (χ3v) is 7.24. The molecule has 0 aliphatic carbocycles.